The number of rotatable bonds is 3. The van der Waals surface area contributed by atoms with Crippen LogP contribution < -0.4 is 0 Å². The molecule has 5 heteroatoms. The Bertz CT molecular complexity index is 591. The first kappa shape index (κ1) is 16.1. The first-order valence-corrected chi connectivity index (χ1v) is 9.65. The highest BCUT2D eigenvalue weighted by Gasteiger charge is 2.16. The molecule has 0 unspecified atom stereocenters. The standard InChI is InChI=1S/C15H17FO3Si/c1-19-15(18)10-14(17)12-6-5-11(9-13(12)16)7-8-20(2,3)4/h5-6,9H,10H2,1-4H3. The molecule has 1 aromatic rings. The minimum Gasteiger partial charge on any atom is -0.469 e. The van der Waals surface area contributed by atoms with Crippen LogP contribution in [0.25, 0.3) is 0 Å². The Hall–Kier alpha value is -1.93. The van der Waals surface area contributed by atoms with E-state index in [1.165, 1.54) is 19.2 Å². The fourth-order valence-corrected chi connectivity index (χ4v) is 1.90. The van der Waals surface area contributed by atoms with Gasteiger partial charge in [0.2, 0.25) is 0 Å². The number of hydrogen-bond acceptors (Lipinski definition) is 3. The van der Waals surface area contributed by atoms with Crippen LogP contribution in [0.5, 0.6) is 0 Å². The van der Waals surface area contributed by atoms with E-state index in [-0.39, 0.29) is 5.56 Å². The van der Waals surface area contributed by atoms with Crippen LogP contribution in [0.3, 0.4) is 0 Å². The van der Waals surface area contributed by atoms with E-state index in [2.05, 4.69) is 35.8 Å². The summed E-state index contributed by atoms with van der Waals surface area (Å²) < 4.78 is 18.2. The minimum atomic E-state index is -1.53. The third-order valence-corrected chi connectivity index (χ3v) is 3.26. The van der Waals surface area contributed by atoms with Crippen molar-refractivity contribution >= 4 is 19.8 Å². The van der Waals surface area contributed by atoms with Gasteiger partial charge in [-0.1, -0.05) is 25.6 Å². The molecule has 3 nitrogen and oxygen atoms in total. The second kappa shape index (κ2) is 6.48. The van der Waals surface area contributed by atoms with Crippen molar-refractivity contribution < 1.29 is 18.7 Å². The molecule has 0 N–H and O–H groups in total. The van der Waals surface area contributed by atoms with E-state index in [1.807, 2.05) is 0 Å². The van der Waals surface area contributed by atoms with Gasteiger partial charge in [-0.3, -0.25) is 9.59 Å². The van der Waals surface area contributed by atoms with Crippen molar-refractivity contribution in [1.82, 2.24) is 0 Å². The van der Waals surface area contributed by atoms with E-state index in [0.29, 0.717) is 5.56 Å². The molecule has 0 spiro atoms. The van der Waals surface area contributed by atoms with Crippen molar-refractivity contribution in [3.8, 4) is 11.5 Å². The average molecular weight is 292 g/mol. The summed E-state index contributed by atoms with van der Waals surface area (Å²) in [5.74, 6) is 0.965. The number of hydrogen-bond donors (Lipinski definition) is 0. The van der Waals surface area contributed by atoms with E-state index in [9.17, 15) is 14.0 Å². The molecule has 1 aromatic carbocycles. The number of Topliss-reactive ketones (excluding diaryl/α,β-unsaturated/α-hetero) is 1. The number of halogens is 1. The fraction of sp³-hybridized carbons (Fsp3) is 0.333. The molecule has 0 saturated heterocycles. The lowest BCUT2D eigenvalue weighted by Gasteiger charge is -2.04. The summed E-state index contributed by atoms with van der Waals surface area (Å²) in [5.41, 5.74) is 3.53. The van der Waals surface area contributed by atoms with E-state index in [0.717, 1.165) is 0 Å². The summed E-state index contributed by atoms with van der Waals surface area (Å²) >= 11 is 0. The summed E-state index contributed by atoms with van der Waals surface area (Å²) in [7, 11) is -0.350. The normalized spacial score (nSPS) is 10.4. The Morgan fingerprint density at radius 1 is 1.30 bits per heavy atom. The molecule has 0 aromatic heterocycles. The number of carbonyl (C=O) groups is 2. The van der Waals surface area contributed by atoms with Gasteiger partial charge < -0.3 is 4.74 Å². The van der Waals surface area contributed by atoms with Crippen LogP contribution in [0, 0.1) is 17.3 Å². The van der Waals surface area contributed by atoms with Crippen molar-refractivity contribution in [1.29, 1.82) is 0 Å². The van der Waals surface area contributed by atoms with Crippen LogP contribution in [-0.4, -0.2) is 26.9 Å². The van der Waals surface area contributed by atoms with Gasteiger partial charge in [0.05, 0.1) is 12.7 Å². The van der Waals surface area contributed by atoms with Crippen LogP contribution >= 0.6 is 0 Å². The Kier molecular flexibility index (Phi) is 5.23. The van der Waals surface area contributed by atoms with Crippen LogP contribution in [0.2, 0.25) is 19.6 Å². The van der Waals surface area contributed by atoms with Crippen molar-refractivity contribution in [3.63, 3.8) is 0 Å². The van der Waals surface area contributed by atoms with Gasteiger partial charge in [0.25, 0.3) is 0 Å². The second-order valence-corrected chi connectivity index (χ2v) is 10.1. The zero-order valence-corrected chi connectivity index (χ0v) is 13.0. The van der Waals surface area contributed by atoms with Gasteiger partial charge in [-0.05, 0) is 18.2 Å². The third kappa shape index (κ3) is 4.98. The smallest absolute Gasteiger partial charge is 0.313 e. The number of benzene rings is 1. The average Bonchev–Trinajstić information content (AvgIpc) is 2.35. The molecule has 0 bridgehead atoms. The molecule has 0 aliphatic rings. The SMILES string of the molecule is COC(=O)CC(=O)c1ccc(C#C[Si](C)(C)C)cc1F. The highest BCUT2D eigenvalue weighted by molar-refractivity contribution is 6.83. The molecule has 106 valence electrons. The van der Waals surface area contributed by atoms with Gasteiger partial charge in [0, 0.05) is 5.56 Å². The van der Waals surface area contributed by atoms with Crippen molar-refractivity contribution in [2.24, 2.45) is 0 Å². The minimum absolute atomic E-state index is 0.117. The second-order valence-electron chi connectivity index (χ2n) is 5.37. The van der Waals surface area contributed by atoms with Gasteiger partial charge in [-0.15, -0.1) is 5.54 Å². The van der Waals surface area contributed by atoms with Crippen LogP contribution in [-0.2, 0) is 9.53 Å². The Morgan fingerprint density at radius 2 is 1.95 bits per heavy atom. The Morgan fingerprint density at radius 3 is 2.45 bits per heavy atom. The third-order valence-electron chi connectivity index (χ3n) is 2.38. The highest BCUT2D eigenvalue weighted by Crippen LogP contribution is 2.13. The molecule has 0 aliphatic carbocycles. The fourth-order valence-electron chi connectivity index (χ4n) is 1.38. The largest absolute Gasteiger partial charge is 0.469 e. The lowest BCUT2D eigenvalue weighted by atomic mass is 10.1. The molecular formula is C15H17FO3Si. The lowest BCUT2D eigenvalue weighted by Crippen LogP contribution is -2.16. The summed E-state index contributed by atoms with van der Waals surface area (Å²) in [6, 6.07) is 4.16. The van der Waals surface area contributed by atoms with E-state index < -0.39 is 32.1 Å². The summed E-state index contributed by atoms with van der Waals surface area (Å²) in [6.45, 7) is 6.26. The zero-order valence-electron chi connectivity index (χ0n) is 12.0. The quantitative estimate of drug-likeness (QED) is 0.283. The molecule has 0 amide bonds. The predicted molar refractivity (Wildman–Crippen MR) is 77.6 cm³/mol. The molecule has 0 saturated carbocycles. The molecular weight excluding hydrogens is 275 g/mol. The molecule has 20 heavy (non-hydrogen) atoms. The first-order chi connectivity index (χ1) is 9.23. The number of carbonyl (C=O) groups excluding carboxylic acids is 2. The number of ether oxygens (including phenoxy) is 1. The Labute approximate surface area is 119 Å². The number of ketones is 1. The monoisotopic (exact) mass is 292 g/mol. The topological polar surface area (TPSA) is 43.4 Å². The van der Waals surface area contributed by atoms with Gasteiger partial charge in [0.1, 0.15) is 20.3 Å². The number of methoxy groups -OCH3 is 1. The maximum atomic E-state index is 13.8. The zero-order chi connectivity index (χ0) is 15.3. The van der Waals surface area contributed by atoms with Crippen LogP contribution in [0.4, 0.5) is 4.39 Å². The van der Waals surface area contributed by atoms with E-state index >= 15 is 0 Å². The molecule has 1 rings (SSSR count). The number of esters is 1. The summed E-state index contributed by atoms with van der Waals surface area (Å²) in [6.07, 6.45) is -0.465. The van der Waals surface area contributed by atoms with Gasteiger partial charge in [0.15, 0.2) is 5.78 Å². The van der Waals surface area contributed by atoms with Crippen LogP contribution in [0.15, 0.2) is 18.2 Å². The Balaban J connectivity index is 2.96. The molecule has 0 radical (unpaired) electrons. The molecule has 0 fully saturated rings. The van der Waals surface area contributed by atoms with E-state index in [4.69, 9.17) is 0 Å². The highest BCUT2D eigenvalue weighted by atomic mass is 28.3. The summed E-state index contributed by atoms with van der Waals surface area (Å²) in [4.78, 5) is 22.7. The lowest BCUT2D eigenvalue weighted by molar-refractivity contribution is -0.139. The van der Waals surface area contributed by atoms with Gasteiger partial charge in [-0.25, -0.2) is 4.39 Å². The first-order valence-electron chi connectivity index (χ1n) is 6.15. The molecule has 0 aliphatic heterocycles. The summed E-state index contributed by atoms with van der Waals surface area (Å²) in [5, 5.41) is 0. The van der Waals surface area contributed by atoms with E-state index in [1.54, 1.807) is 6.07 Å². The van der Waals surface area contributed by atoms with Gasteiger partial charge in [-0.2, -0.15) is 0 Å². The van der Waals surface area contributed by atoms with Crippen molar-refractivity contribution in [2.45, 2.75) is 26.1 Å². The van der Waals surface area contributed by atoms with Crippen LogP contribution in [0.1, 0.15) is 22.3 Å². The van der Waals surface area contributed by atoms with Crippen molar-refractivity contribution in [3.05, 3.63) is 35.1 Å². The maximum absolute atomic E-state index is 13.8. The molecule has 0 heterocycles. The van der Waals surface area contributed by atoms with Crippen molar-refractivity contribution in [2.75, 3.05) is 7.11 Å². The molecule has 0 atom stereocenters. The predicted octanol–water partition coefficient (Wildman–Crippen LogP) is 2.80. The van der Waals surface area contributed by atoms with Gasteiger partial charge >= 0.3 is 5.97 Å². The maximum Gasteiger partial charge on any atom is 0.313 e.